The van der Waals surface area contributed by atoms with Gasteiger partial charge in [0.25, 0.3) is 0 Å². The molecule has 2 unspecified atom stereocenters. The number of nitrogens with zero attached hydrogens (tertiary/aromatic N) is 1. The first-order chi connectivity index (χ1) is 30.1. The number of aromatic nitrogens is 2. The fourth-order valence-electron chi connectivity index (χ4n) is 8.34. The van der Waals surface area contributed by atoms with Crippen molar-refractivity contribution in [2.45, 2.75) is 129 Å². The maximum absolute atomic E-state index is 14.8. The maximum Gasteiger partial charge on any atom is 0.302 e. The highest BCUT2D eigenvalue weighted by Crippen LogP contribution is 2.39. The third-order valence-corrected chi connectivity index (χ3v) is 11.9. The summed E-state index contributed by atoms with van der Waals surface area (Å²) < 4.78 is 40.9. The molecule has 5 rings (SSSR count). The molecule has 17 heteroatoms. The second-order valence-electron chi connectivity index (χ2n) is 16.6. The van der Waals surface area contributed by atoms with Gasteiger partial charge in [0.2, 0.25) is 17.7 Å². The van der Waals surface area contributed by atoms with Gasteiger partial charge in [-0.2, -0.15) is 0 Å². The molecule has 1 aliphatic rings. The Labute approximate surface area is 367 Å². The van der Waals surface area contributed by atoms with Crippen LogP contribution in [-0.2, 0) is 46.3 Å². The van der Waals surface area contributed by atoms with E-state index >= 15 is 0 Å². The number of esters is 2. The molecule has 0 aliphatic carbocycles. The molecular formula is C46H64F2N8O7. The fraction of sp³-hybridized carbons (Fsp3) is 0.543. The maximum atomic E-state index is 14.8. The molecule has 3 amide bonds. The third-order valence-electron chi connectivity index (χ3n) is 11.9. The molecule has 1 saturated heterocycles. The molecule has 63 heavy (non-hydrogen) atoms. The van der Waals surface area contributed by atoms with Crippen LogP contribution in [0.3, 0.4) is 0 Å². The van der Waals surface area contributed by atoms with Crippen molar-refractivity contribution in [2.75, 3.05) is 33.7 Å². The van der Waals surface area contributed by atoms with Gasteiger partial charge in [0.1, 0.15) is 29.9 Å². The molecule has 7 atom stereocenters. The topological polar surface area (TPSA) is 199 Å². The van der Waals surface area contributed by atoms with E-state index in [1.807, 2.05) is 20.9 Å². The summed E-state index contributed by atoms with van der Waals surface area (Å²) in [5, 5.41) is 16.5. The van der Waals surface area contributed by atoms with Gasteiger partial charge in [-0.25, -0.2) is 8.78 Å². The number of likely N-dealkylation sites (tertiary alicyclic amines) is 1. The first kappa shape index (κ1) is 48.6. The number of halogens is 2. The molecule has 0 saturated carbocycles. The first-order valence-electron chi connectivity index (χ1n) is 22.0. The van der Waals surface area contributed by atoms with E-state index in [1.165, 1.54) is 38.1 Å². The first-order valence-corrected chi connectivity index (χ1v) is 22.0. The Kier molecular flexibility index (Phi) is 17.2. The van der Waals surface area contributed by atoms with E-state index in [2.05, 4.69) is 36.6 Å². The summed E-state index contributed by atoms with van der Waals surface area (Å²) in [6, 6.07) is 6.99. The minimum Gasteiger partial charge on any atom is -0.461 e. The molecular weight excluding hydrogens is 815 g/mol. The van der Waals surface area contributed by atoms with Crippen molar-refractivity contribution in [2.24, 2.45) is 0 Å². The summed E-state index contributed by atoms with van der Waals surface area (Å²) in [6.45, 7) is 10.9. The number of fused-ring (bicyclic) bond motifs is 2. The quantitative estimate of drug-likeness (QED) is 0.0552. The number of hydrogen-bond acceptors (Lipinski definition) is 10. The normalized spacial score (nSPS) is 17.6. The molecule has 0 radical (unpaired) electrons. The van der Waals surface area contributed by atoms with Gasteiger partial charge in [-0.1, -0.05) is 13.8 Å². The van der Waals surface area contributed by atoms with E-state index in [0.29, 0.717) is 73.9 Å². The lowest BCUT2D eigenvalue weighted by atomic mass is 9.95. The molecule has 4 aromatic rings. The number of rotatable bonds is 22. The lowest BCUT2D eigenvalue weighted by Gasteiger charge is -2.29. The summed E-state index contributed by atoms with van der Waals surface area (Å²) in [5.41, 5.74) is 4.00. The Morgan fingerprint density at radius 1 is 0.825 bits per heavy atom. The van der Waals surface area contributed by atoms with Crippen molar-refractivity contribution < 1.29 is 42.2 Å². The summed E-state index contributed by atoms with van der Waals surface area (Å²) >= 11 is 0. The Bertz CT molecular complexity index is 2240. The van der Waals surface area contributed by atoms with Gasteiger partial charge in [-0.15, -0.1) is 0 Å². The Balaban J connectivity index is 1.47. The average Bonchev–Trinajstić information content (AvgIpc) is 3.92. The van der Waals surface area contributed by atoms with E-state index in [9.17, 15) is 32.8 Å². The van der Waals surface area contributed by atoms with Crippen molar-refractivity contribution in [3.8, 4) is 11.4 Å². The predicted octanol–water partition coefficient (Wildman–Crippen LogP) is 4.52. The monoisotopic (exact) mass is 878 g/mol. The van der Waals surface area contributed by atoms with Crippen LogP contribution in [0.1, 0.15) is 84.8 Å². The number of H-pyrrole nitrogens is 2. The van der Waals surface area contributed by atoms with Crippen LogP contribution >= 0.6 is 0 Å². The lowest BCUT2D eigenvalue weighted by molar-refractivity contribution is -0.147. The second kappa shape index (κ2) is 22.3. The summed E-state index contributed by atoms with van der Waals surface area (Å²) in [7, 11) is 3.51. The molecule has 1 fully saturated rings. The molecule has 3 heterocycles. The molecule has 344 valence electrons. The van der Waals surface area contributed by atoms with Gasteiger partial charge < -0.3 is 50.9 Å². The number of hydrogen-bond donors (Lipinski definition) is 7. The van der Waals surface area contributed by atoms with Crippen LogP contribution < -0.4 is 26.6 Å². The molecule has 2 aromatic carbocycles. The largest absolute Gasteiger partial charge is 0.461 e. The number of carbonyl (C=O) groups is 5. The van der Waals surface area contributed by atoms with Crippen LogP contribution in [0.2, 0.25) is 0 Å². The van der Waals surface area contributed by atoms with E-state index in [1.54, 1.807) is 37.9 Å². The number of aryl methyl sites for hydroxylation is 1. The zero-order valence-electron chi connectivity index (χ0n) is 37.6. The van der Waals surface area contributed by atoms with Crippen molar-refractivity contribution >= 4 is 51.5 Å². The summed E-state index contributed by atoms with van der Waals surface area (Å²) in [4.78, 5) is 73.0. The van der Waals surface area contributed by atoms with Gasteiger partial charge in [0.05, 0.1) is 36.6 Å². The standard InChI is InChI=1S/C46H64F2N8O7/c1-9-38(55-44(59)26(4)50-8)45(60)52-23-32(62-27(5)57)12-11-13-36-34-16-14-29(47)18-40(34)53-42(36)43-37(35-17-15-30(48)19-41(35)54-43)21-31-20-33(63-28(6)58)24-56(31)46(61)39(10-2)51-22-25(3)49-7/h14-19,25-26,31-33,38-39,49-51,53-54H,9-13,20-24H2,1-8H3,(H,52,60)(H,55,59)/t25-,26-,31-,32?,33-,38-,39?/m0/s1. The Morgan fingerprint density at radius 2 is 1.44 bits per heavy atom. The van der Waals surface area contributed by atoms with E-state index in [0.717, 1.165) is 21.9 Å². The smallest absolute Gasteiger partial charge is 0.302 e. The van der Waals surface area contributed by atoms with Gasteiger partial charge in [0.15, 0.2) is 0 Å². The molecule has 15 nitrogen and oxygen atoms in total. The Hall–Kier alpha value is -5.39. The van der Waals surface area contributed by atoms with E-state index in [4.69, 9.17) is 9.47 Å². The van der Waals surface area contributed by atoms with Crippen LogP contribution in [0.5, 0.6) is 0 Å². The highest BCUT2D eigenvalue weighted by atomic mass is 19.1. The number of aromatic amines is 2. The molecule has 0 spiro atoms. The minimum atomic E-state index is -0.779. The Morgan fingerprint density at radius 3 is 2.02 bits per heavy atom. The van der Waals surface area contributed by atoms with Gasteiger partial charge in [-0.3, -0.25) is 24.0 Å². The minimum absolute atomic E-state index is 0.0178. The van der Waals surface area contributed by atoms with E-state index < -0.39 is 59.8 Å². The molecule has 2 aromatic heterocycles. The van der Waals surface area contributed by atoms with Gasteiger partial charge in [-0.05, 0) is 114 Å². The van der Waals surface area contributed by atoms with Crippen LogP contribution in [0, 0.1) is 11.6 Å². The molecule has 0 bridgehead atoms. The highest BCUT2D eigenvalue weighted by Gasteiger charge is 2.40. The van der Waals surface area contributed by atoms with Crippen LogP contribution in [0.4, 0.5) is 8.78 Å². The highest BCUT2D eigenvalue weighted by molar-refractivity contribution is 5.96. The molecule has 1 aliphatic heterocycles. The lowest BCUT2D eigenvalue weighted by Crippen LogP contribution is -2.52. The van der Waals surface area contributed by atoms with Crippen molar-refractivity contribution in [3.63, 3.8) is 0 Å². The number of likely N-dealkylation sites (N-methyl/N-ethyl adjacent to an activating group) is 2. The number of carbonyl (C=O) groups excluding carboxylic acids is 5. The van der Waals surface area contributed by atoms with Crippen LogP contribution in [0.25, 0.3) is 33.2 Å². The van der Waals surface area contributed by atoms with Crippen molar-refractivity contribution in [1.82, 2.24) is 41.5 Å². The zero-order chi connectivity index (χ0) is 46.0. The van der Waals surface area contributed by atoms with E-state index in [-0.39, 0.29) is 37.0 Å². The van der Waals surface area contributed by atoms with Gasteiger partial charge >= 0.3 is 11.9 Å². The SMILES string of the molecule is CCC(NC[C@H](C)NC)C(=O)N1C[C@@H](OC(C)=O)C[C@H]1Cc1c(-c2[nH]c3cc(F)ccc3c2CCCC(CNC(=O)[C@H](CC)NC(=O)[C@H](C)NC)OC(C)=O)[nH]c2cc(F)ccc12. The third kappa shape index (κ3) is 12.4. The number of ether oxygens (including phenoxy) is 2. The summed E-state index contributed by atoms with van der Waals surface area (Å²) in [5.74, 6) is -2.65. The fourth-order valence-corrected chi connectivity index (χ4v) is 8.34. The molecule has 7 N–H and O–H groups in total. The van der Waals surface area contributed by atoms with Gasteiger partial charge in [0, 0.05) is 60.7 Å². The number of amides is 3. The number of nitrogens with one attached hydrogen (secondary N) is 7. The number of benzene rings is 2. The van der Waals surface area contributed by atoms with Crippen LogP contribution in [0.15, 0.2) is 36.4 Å². The average molecular weight is 879 g/mol. The predicted molar refractivity (Wildman–Crippen MR) is 238 cm³/mol. The van der Waals surface area contributed by atoms with Crippen molar-refractivity contribution in [1.29, 1.82) is 0 Å². The second-order valence-corrected chi connectivity index (χ2v) is 16.6. The summed E-state index contributed by atoms with van der Waals surface area (Å²) in [6.07, 6.45) is 1.68. The zero-order valence-corrected chi connectivity index (χ0v) is 37.6. The van der Waals surface area contributed by atoms with Crippen LogP contribution in [-0.4, -0.2) is 121 Å². The van der Waals surface area contributed by atoms with Crippen molar-refractivity contribution in [3.05, 3.63) is 59.2 Å².